The predicted molar refractivity (Wildman–Crippen MR) is 119 cm³/mol. The molecule has 12 nitrogen and oxygen atoms in total. The number of nitrogens with one attached hydrogen (secondary N) is 2. The molecule has 2 N–H and O–H groups in total. The topological polar surface area (TPSA) is 160 Å². The van der Waals surface area contributed by atoms with Crippen molar-refractivity contribution < 1.29 is 47.8 Å². The van der Waals surface area contributed by atoms with Crippen molar-refractivity contribution in [1.82, 2.24) is 10.6 Å². The van der Waals surface area contributed by atoms with Gasteiger partial charge in [-0.2, -0.15) is 0 Å². The molecule has 0 spiro atoms. The van der Waals surface area contributed by atoms with E-state index in [1.807, 2.05) is 0 Å². The molecule has 0 aliphatic heterocycles. The second-order valence-electron chi connectivity index (χ2n) is 8.43. The largest absolute Gasteiger partial charge is 0.544 e. The van der Waals surface area contributed by atoms with E-state index in [-0.39, 0.29) is 74.0 Å². The number of esters is 2. The first-order valence-corrected chi connectivity index (χ1v) is 10.6. The smallest absolute Gasteiger partial charge is 0.407 e. The van der Waals surface area contributed by atoms with Gasteiger partial charge in [0.05, 0.1) is 45.6 Å². The van der Waals surface area contributed by atoms with Gasteiger partial charge in [-0.3, -0.25) is 4.79 Å². The number of rotatable bonds is 16. The Balaban J connectivity index is 4.70. The minimum Gasteiger partial charge on any atom is -0.544 e. The van der Waals surface area contributed by atoms with E-state index >= 15 is 0 Å². The molecular weight excluding hydrogens is 450 g/mol. The number of carbonyl (C=O) groups is 5. The fraction of sp³-hybridized carbons (Fsp3) is 0.591. The SMILES string of the molecule is C=C(C)C(=O)OCCNC(=O)CC(COC(=O)NCCOC(=O)C(=C)C)C[N+](C)(C)CC(=O)[O-]. The van der Waals surface area contributed by atoms with Crippen LogP contribution in [0.25, 0.3) is 0 Å². The number of hydrogen-bond donors (Lipinski definition) is 2. The van der Waals surface area contributed by atoms with E-state index in [0.29, 0.717) is 0 Å². The second kappa shape index (κ2) is 15.4. The van der Waals surface area contributed by atoms with Crippen LogP contribution in [0.15, 0.2) is 24.3 Å². The van der Waals surface area contributed by atoms with Crippen LogP contribution in [0, 0.1) is 5.92 Å². The van der Waals surface area contributed by atoms with Crippen molar-refractivity contribution in [2.45, 2.75) is 20.3 Å². The number of carboxylic acids is 1. The molecule has 0 rings (SSSR count). The monoisotopic (exact) mass is 485 g/mol. The van der Waals surface area contributed by atoms with Crippen molar-refractivity contribution in [3.05, 3.63) is 24.3 Å². The number of alkyl carbamates (subject to hydrolysis) is 1. The normalized spacial score (nSPS) is 11.5. The summed E-state index contributed by atoms with van der Waals surface area (Å²) in [5.74, 6) is -3.30. The number of ether oxygens (including phenoxy) is 3. The minimum atomic E-state index is -1.25. The third kappa shape index (κ3) is 15.4. The lowest BCUT2D eigenvalue weighted by Gasteiger charge is -2.33. The minimum absolute atomic E-state index is 0.00165. The molecule has 1 unspecified atom stereocenters. The van der Waals surface area contributed by atoms with Crippen LogP contribution in [0.5, 0.6) is 0 Å². The molecule has 0 fully saturated rings. The molecule has 0 bridgehead atoms. The Morgan fingerprint density at radius 2 is 1.38 bits per heavy atom. The van der Waals surface area contributed by atoms with Gasteiger partial charge in [0.15, 0.2) is 0 Å². The van der Waals surface area contributed by atoms with Gasteiger partial charge < -0.3 is 39.2 Å². The number of nitrogens with zero attached hydrogens (tertiary/aromatic N) is 1. The van der Waals surface area contributed by atoms with Crippen LogP contribution in [0.1, 0.15) is 20.3 Å². The van der Waals surface area contributed by atoms with Gasteiger partial charge in [-0.05, 0) is 13.8 Å². The van der Waals surface area contributed by atoms with Crippen molar-refractivity contribution >= 4 is 29.9 Å². The maximum atomic E-state index is 12.3. The van der Waals surface area contributed by atoms with E-state index in [0.717, 1.165) is 0 Å². The fourth-order valence-corrected chi connectivity index (χ4v) is 2.75. The molecule has 0 radical (unpaired) electrons. The van der Waals surface area contributed by atoms with Gasteiger partial charge >= 0.3 is 18.0 Å². The Morgan fingerprint density at radius 3 is 1.85 bits per heavy atom. The first-order chi connectivity index (χ1) is 15.7. The van der Waals surface area contributed by atoms with E-state index < -0.39 is 29.9 Å². The Morgan fingerprint density at radius 1 is 0.882 bits per heavy atom. The lowest BCUT2D eigenvalue weighted by Crippen LogP contribution is -2.51. The van der Waals surface area contributed by atoms with E-state index in [2.05, 4.69) is 23.8 Å². The number of aliphatic carboxylic acids is 1. The molecule has 0 saturated heterocycles. The highest BCUT2D eigenvalue weighted by atomic mass is 16.6. The second-order valence-corrected chi connectivity index (χ2v) is 8.43. The van der Waals surface area contributed by atoms with Crippen molar-refractivity contribution in [3.8, 4) is 0 Å². The van der Waals surface area contributed by atoms with Gasteiger partial charge in [-0.1, -0.05) is 13.2 Å². The Hall–Kier alpha value is -3.41. The van der Waals surface area contributed by atoms with Gasteiger partial charge in [0.25, 0.3) is 0 Å². The Kier molecular flexibility index (Phi) is 13.9. The molecule has 192 valence electrons. The predicted octanol–water partition coefficient (Wildman–Crippen LogP) is -1.10. The van der Waals surface area contributed by atoms with E-state index in [1.165, 1.54) is 13.8 Å². The van der Waals surface area contributed by atoms with Crippen LogP contribution in [0.4, 0.5) is 4.79 Å². The summed E-state index contributed by atoms with van der Waals surface area (Å²) in [4.78, 5) is 57.9. The van der Waals surface area contributed by atoms with Crippen LogP contribution in [-0.4, -0.2) is 94.5 Å². The lowest BCUT2D eigenvalue weighted by atomic mass is 10.0. The standard InChI is InChI=1S/C22H35N3O9/c1-15(2)20(29)32-9-7-23-18(26)11-17(12-25(5,6)13-19(27)28)14-34-22(31)24-8-10-33-21(30)16(3)4/h17H,1,3,7-14H2,2,4-6H3,(H2-,23,24,26,27,28,31). The summed E-state index contributed by atoms with van der Waals surface area (Å²) in [7, 11) is 3.29. The summed E-state index contributed by atoms with van der Waals surface area (Å²) < 4.78 is 14.9. The molecule has 0 saturated carbocycles. The van der Waals surface area contributed by atoms with Gasteiger partial charge in [-0.25, -0.2) is 14.4 Å². The van der Waals surface area contributed by atoms with Crippen molar-refractivity contribution in [2.24, 2.45) is 5.92 Å². The van der Waals surface area contributed by atoms with Crippen molar-refractivity contribution in [1.29, 1.82) is 0 Å². The molecule has 12 heteroatoms. The molecule has 0 heterocycles. The molecule has 2 amide bonds. The van der Waals surface area contributed by atoms with Crippen molar-refractivity contribution in [2.75, 3.05) is 60.1 Å². The maximum Gasteiger partial charge on any atom is 0.407 e. The molecular formula is C22H35N3O9. The van der Waals surface area contributed by atoms with E-state index in [4.69, 9.17) is 14.2 Å². The van der Waals surface area contributed by atoms with Gasteiger partial charge in [-0.15, -0.1) is 0 Å². The maximum absolute atomic E-state index is 12.3. The Labute approximate surface area is 199 Å². The molecule has 34 heavy (non-hydrogen) atoms. The highest BCUT2D eigenvalue weighted by Crippen LogP contribution is 2.11. The average molecular weight is 486 g/mol. The quantitative estimate of drug-likeness (QED) is 0.0909. The van der Waals surface area contributed by atoms with Crippen LogP contribution < -0.4 is 15.7 Å². The zero-order valence-corrected chi connectivity index (χ0v) is 20.3. The number of quaternary nitrogens is 1. The van der Waals surface area contributed by atoms with Gasteiger partial charge in [0, 0.05) is 17.6 Å². The Bertz CT molecular complexity index is 778. The zero-order chi connectivity index (χ0) is 26.3. The summed E-state index contributed by atoms with van der Waals surface area (Å²) in [6.45, 7) is 9.61. The first kappa shape index (κ1) is 30.6. The molecule has 1 atom stereocenters. The molecule has 0 aliphatic rings. The summed E-state index contributed by atoms with van der Waals surface area (Å²) in [6, 6.07) is 0. The van der Waals surface area contributed by atoms with Crippen LogP contribution in [0.2, 0.25) is 0 Å². The number of carbonyl (C=O) groups excluding carboxylic acids is 5. The number of carboxylic acid groups (broad SMARTS) is 1. The highest BCUT2D eigenvalue weighted by molar-refractivity contribution is 5.87. The zero-order valence-electron chi connectivity index (χ0n) is 20.3. The van der Waals surface area contributed by atoms with Crippen LogP contribution >= 0.6 is 0 Å². The summed E-state index contributed by atoms with van der Waals surface area (Å²) >= 11 is 0. The lowest BCUT2D eigenvalue weighted by molar-refractivity contribution is -0.888. The fourth-order valence-electron chi connectivity index (χ4n) is 2.75. The van der Waals surface area contributed by atoms with Crippen molar-refractivity contribution in [3.63, 3.8) is 0 Å². The third-order valence-electron chi connectivity index (χ3n) is 4.19. The van der Waals surface area contributed by atoms with Crippen LogP contribution in [0.3, 0.4) is 0 Å². The number of likely N-dealkylation sites (N-methyl/N-ethyl adjacent to an activating group) is 1. The molecule has 0 aromatic heterocycles. The highest BCUT2D eigenvalue weighted by Gasteiger charge is 2.26. The van der Waals surface area contributed by atoms with E-state index in [9.17, 15) is 29.1 Å². The summed E-state index contributed by atoms with van der Waals surface area (Å²) in [6.07, 6.45) is -0.846. The summed E-state index contributed by atoms with van der Waals surface area (Å²) in [5, 5.41) is 16.0. The molecule has 0 aliphatic carbocycles. The molecule has 0 aromatic carbocycles. The number of amides is 2. The number of hydrogen-bond acceptors (Lipinski definition) is 9. The van der Waals surface area contributed by atoms with Gasteiger partial charge in [0.1, 0.15) is 26.4 Å². The summed E-state index contributed by atoms with van der Waals surface area (Å²) in [5.41, 5.74) is 0.471. The van der Waals surface area contributed by atoms with Gasteiger partial charge in [0.2, 0.25) is 5.91 Å². The third-order valence-corrected chi connectivity index (χ3v) is 4.19. The average Bonchev–Trinajstić information content (AvgIpc) is 2.70. The molecule has 0 aromatic rings. The first-order valence-electron chi connectivity index (χ1n) is 10.6. The van der Waals surface area contributed by atoms with Crippen LogP contribution in [-0.2, 0) is 33.4 Å². The van der Waals surface area contributed by atoms with E-state index in [1.54, 1.807) is 14.1 Å².